The lowest BCUT2D eigenvalue weighted by Gasteiger charge is -2.05. The summed E-state index contributed by atoms with van der Waals surface area (Å²) in [6.07, 6.45) is 10.9. The Hall–Kier alpha value is -4.38. The van der Waals surface area contributed by atoms with Gasteiger partial charge in [0, 0.05) is 37.2 Å². The molecule has 1 amide bonds. The monoisotopic (exact) mass is 412 g/mol. The van der Waals surface area contributed by atoms with E-state index in [0.29, 0.717) is 23.6 Å². The van der Waals surface area contributed by atoms with E-state index in [1.807, 2.05) is 47.2 Å². The number of amides is 1. The van der Waals surface area contributed by atoms with Gasteiger partial charge in [-0.05, 0) is 36.8 Å². The standard InChI is InChI=1S/C23H20N6O2/c24-15-18(23(30)26-9-5-11-28-12-10-25-17-28)14-19-16-29(20-6-2-1-3-7-20)27-22(19)21-8-4-13-31-21/h1-4,6-8,10,12-14,16-17H,5,9,11H2,(H,26,30). The molecule has 0 aliphatic carbocycles. The van der Waals surface area contributed by atoms with Crippen molar-refractivity contribution in [1.29, 1.82) is 5.26 Å². The van der Waals surface area contributed by atoms with Gasteiger partial charge in [0.2, 0.25) is 0 Å². The molecule has 0 radical (unpaired) electrons. The zero-order valence-corrected chi connectivity index (χ0v) is 16.7. The summed E-state index contributed by atoms with van der Waals surface area (Å²) >= 11 is 0. The lowest BCUT2D eigenvalue weighted by molar-refractivity contribution is -0.117. The van der Waals surface area contributed by atoms with Gasteiger partial charge in [0.1, 0.15) is 17.3 Å². The summed E-state index contributed by atoms with van der Waals surface area (Å²) < 4.78 is 9.13. The van der Waals surface area contributed by atoms with E-state index >= 15 is 0 Å². The van der Waals surface area contributed by atoms with Crippen LogP contribution in [0.3, 0.4) is 0 Å². The number of benzene rings is 1. The summed E-state index contributed by atoms with van der Waals surface area (Å²) in [6.45, 7) is 1.18. The lowest BCUT2D eigenvalue weighted by atomic mass is 10.1. The van der Waals surface area contributed by atoms with Crippen LogP contribution in [-0.2, 0) is 11.3 Å². The first kappa shape index (κ1) is 19.9. The molecule has 0 aliphatic heterocycles. The Morgan fingerprint density at radius 2 is 2.10 bits per heavy atom. The van der Waals surface area contributed by atoms with Crippen LogP contribution in [0.5, 0.6) is 0 Å². The van der Waals surface area contributed by atoms with Crippen molar-refractivity contribution in [2.75, 3.05) is 6.54 Å². The number of nitriles is 1. The highest BCUT2D eigenvalue weighted by molar-refractivity contribution is 6.02. The molecule has 1 aromatic carbocycles. The zero-order chi connectivity index (χ0) is 21.5. The molecule has 0 atom stereocenters. The predicted octanol–water partition coefficient (Wildman–Crippen LogP) is 3.44. The first-order chi connectivity index (χ1) is 15.2. The Morgan fingerprint density at radius 3 is 2.81 bits per heavy atom. The molecule has 0 bridgehead atoms. The van der Waals surface area contributed by atoms with E-state index < -0.39 is 5.91 Å². The number of furan rings is 1. The van der Waals surface area contributed by atoms with Crippen LogP contribution in [-0.4, -0.2) is 31.8 Å². The SMILES string of the molecule is N#CC(=Cc1cn(-c2ccccc2)nc1-c1ccco1)C(=O)NCCCn1ccnc1. The number of para-hydroxylation sites is 1. The molecule has 154 valence electrons. The minimum absolute atomic E-state index is 0.00282. The van der Waals surface area contributed by atoms with Crippen molar-refractivity contribution in [3.63, 3.8) is 0 Å². The van der Waals surface area contributed by atoms with Crippen LogP contribution in [0.1, 0.15) is 12.0 Å². The van der Waals surface area contributed by atoms with E-state index in [4.69, 9.17) is 4.42 Å². The van der Waals surface area contributed by atoms with Crippen LogP contribution in [0.15, 0.2) is 83.6 Å². The van der Waals surface area contributed by atoms with Gasteiger partial charge in [0.15, 0.2) is 5.76 Å². The molecule has 4 rings (SSSR count). The Balaban J connectivity index is 1.54. The van der Waals surface area contributed by atoms with Crippen LogP contribution in [0.25, 0.3) is 23.2 Å². The summed E-state index contributed by atoms with van der Waals surface area (Å²) in [5.74, 6) is 0.130. The summed E-state index contributed by atoms with van der Waals surface area (Å²) in [6, 6.07) is 15.1. The summed E-state index contributed by atoms with van der Waals surface area (Å²) in [5, 5.41) is 17.0. The van der Waals surface area contributed by atoms with Crippen molar-refractivity contribution in [2.24, 2.45) is 0 Å². The molecule has 8 nitrogen and oxygen atoms in total. The van der Waals surface area contributed by atoms with E-state index in [0.717, 1.165) is 18.7 Å². The van der Waals surface area contributed by atoms with E-state index in [-0.39, 0.29) is 5.57 Å². The Morgan fingerprint density at radius 1 is 1.23 bits per heavy atom. The van der Waals surface area contributed by atoms with Crippen molar-refractivity contribution < 1.29 is 9.21 Å². The molecule has 0 saturated heterocycles. The van der Waals surface area contributed by atoms with Crippen LogP contribution >= 0.6 is 0 Å². The van der Waals surface area contributed by atoms with Crippen LogP contribution < -0.4 is 5.32 Å². The second-order valence-corrected chi connectivity index (χ2v) is 6.77. The Labute approximate surface area is 179 Å². The number of rotatable bonds is 8. The molecule has 0 fully saturated rings. The zero-order valence-electron chi connectivity index (χ0n) is 16.7. The Bertz CT molecular complexity index is 1200. The van der Waals surface area contributed by atoms with Crippen molar-refractivity contribution >= 4 is 12.0 Å². The molecule has 0 unspecified atom stereocenters. The van der Waals surface area contributed by atoms with Crippen LogP contribution in [0.2, 0.25) is 0 Å². The van der Waals surface area contributed by atoms with Gasteiger partial charge in [-0.1, -0.05) is 18.2 Å². The van der Waals surface area contributed by atoms with Crippen LogP contribution in [0.4, 0.5) is 0 Å². The summed E-state index contributed by atoms with van der Waals surface area (Å²) in [7, 11) is 0. The van der Waals surface area contributed by atoms with E-state index in [1.54, 1.807) is 41.8 Å². The van der Waals surface area contributed by atoms with E-state index in [2.05, 4.69) is 15.4 Å². The third-order valence-corrected chi connectivity index (χ3v) is 4.62. The number of nitrogens with zero attached hydrogens (tertiary/aromatic N) is 5. The number of hydrogen-bond acceptors (Lipinski definition) is 5. The van der Waals surface area contributed by atoms with Crippen molar-refractivity contribution in [1.82, 2.24) is 24.6 Å². The maximum absolute atomic E-state index is 12.5. The second kappa shape index (κ2) is 9.41. The largest absolute Gasteiger partial charge is 0.463 e. The van der Waals surface area contributed by atoms with Crippen molar-refractivity contribution in [3.05, 3.63) is 84.8 Å². The number of aromatic nitrogens is 4. The summed E-state index contributed by atoms with van der Waals surface area (Å²) in [4.78, 5) is 16.5. The summed E-state index contributed by atoms with van der Waals surface area (Å²) in [5.41, 5.74) is 2.03. The fourth-order valence-electron chi connectivity index (χ4n) is 3.09. The normalized spacial score (nSPS) is 11.3. The minimum atomic E-state index is -0.425. The highest BCUT2D eigenvalue weighted by Gasteiger charge is 2.16. The first-order valence-electron chi connectivity index (χ1n) is 9.79. The molecule has 3 heterocycles. The molecule has 4 aromatic rings. The van der Waals surface area contributed by atoms with Gasteiger partial charge >= 0.3 is 0 Å². The number of nitrogens with one attached hydrogen (secondary N) is 1. The fourth-order valence-corrected chi connectivity index (χ4v) is 3.09. The molecular weight excluding hydrogens is 392 g/mol. The molecule has 8 heteroatoms. The number of carbonyl (C=O) groups excluding carboxylic acids is 1. The van der Waals surface area contributed by atoms with Gasteiger partial charge in [-0.15, -0.1) is 0 Å². The van der Waals surface area contributed by atoms with Gasteiger partial charge in [-0.2, -0.15) is 10.4 Å². The quantitative estimate of drug-likeness (QED) is 0.271. The maximum atomic E-state index is 12.5. The predicted molar refractivity (Wildman–Crippen MR) is 115 cm³/mol. The molecule has 1 N–H and O–H groups in total. The minimum Gasteiger partial charge on any atom is -0.463 e. The third-order valence-electron chi connectivity index (χ3n) is 4.62. The molecular formula is C23H20N6O2. The van der Waals surface area contributed by atoms with Gasteiger partial charge in [-0.25, -0.2) is 9.67 Å². The van der Waals surface area contributed by atoms with Gasteiger partial charge in [0.05, 0.1) is 18.3 Å². The molecule has 0 aliphatic rings. The number of imidazole rings is 1. The van der Waals surface area contributed by atoms with Gasteiger partial charge < -0.3 is 14.3 Å². The van der Waals surface area contributed by atoms with Gasteiger partial charge in [-0.3, -0.25) is 4.79 Å². The van der Waals surface area contributed by atoms with Crippen LogP contribution in [0, 0.1) is 11.3 Å². The number of carbonyl (C=O) groups is 1. The Kier molecular flexibility index (Phi) is 6.05. The maximum Gasteiger partial charge on any atom is 0.261 e. The smallest absolute Gasteiger partial charge is 0.261 e. The van der Waals surface area contributed by atoms with E-state index in [9.17, 15) is 10.1 Å². The number of hydrogen-bond donors (Lipinski definition) is 1. The fraction of sp³-hybridized carbons (Fsp3) is 0.130. The second-order valence-electron chi connectivity index (χ2n) is 6.77. The molecule has 3 aromatic heterocycles. The number of aryl methyl sites for hydroxylation is 1. The van der Waals surface area contributed by atoms with Gasteiger partial charge in [0.25, 0.3) is 5.91 Å². The highest BCUT2D eigenvalue weighted by Crippen LogP contribution is 2.26. The molecule has 0 saturated carbocycles. The molecule has 31 heavy (non-hydrogen) atoms. The van der Waals surface area contributed by atoms with E-state index in [1.165, 1.54) is 6.08 Å². The topological polar surface area (TPSA) is 102 Å². The first-order valence-corrected chi connectivity index (χ1v) is 9.79. The highest BCUT2D eigenvalue weighted by atomic mass is 16.3. The van der Waals surface area contributed by atoms with Crippen molar-refractivity contribution in [3.8, 4) is 23.2 Å². The lowest BCUT2D eigenvalue weighted by Crippen LogP contribution is -2.26. The average Bonchev–Trinajstić information content (AvgIpc) is 3.57. The molecule has 0 spiro atoms. The third kappa shape index (κ3) is 4.79. The van der Waals surface area contributed by atoms with Crippen molar-refractivity contribution in [2.45, 2.75) is 13.0 Å². The average molecular weight is 412 g/mol.